The van der Waals surface area contributed by atoms with Crippen LogP contribution in [0.15, 0.2) is 18.2 Å². The number of thiophene rings is 1. The minimum atomic E-state index is -0.0576. The molecule has 3 rings (SSSR count). The lowest BCUT2D eigenvalue weighted by Crippen LogP contribution is -2.32. The SMILES string of the molecule is Cc1ccc2sc(C(=O)NCC3CCOCC3)c(N)c2c1. The van der Waals surface area contributed by atoms with E-state index in [0.29, 0.717) is 23.0 Å². The molecule has 0 aliphatic carbocycles. The van der Waals surface area contributed by atoms with Crippen molar-refractivity contribution in [2.24, 2.45) is 5.92 Å². The standard InChI is InChI=1S/C16H20N2O2S/c1-10-2-3-13-12(8-10)14(17)15(21-13)16(19)18-9-11-4-6-20-7-5-11/h2-3,8,11H,4-7,9,17H2,1H3,(H,18,19). The number of hydrogen-bond acceptors (Lipinski definition) is 4. The third-order valence-corrected chi connectivity index (χ3v) is 5.17. The Morgan fingerprint density at radius 2 is 2.19 bits per heavy atom. The number of ether oxygens (including phenoxy) is 1. The summed E-state index contributed by atoms with van der Waals surface area (Å²) in [6.07, 6.45) is 2.03. The van der Waals surface area contributed by atoms with Crippen LogP contribution in [0.2, 0.25) is 0 Å². The Balaban J connectivity index is 1.73. The number of nitrogens with one attached hydrogen (secondary N) is 1. The van der Waals surface area contributed by atoms with E-state index >= 15 is 0 Å². The third-order valence-electron chi connectivity index (χ3n) is 3.98. The fourth-order valence-electron chi connectivity index (χ4n) is 2.67. The highest BCUT2D eigenvalue weighted by Crippen LogP contribution is 2.34. The van der Waals surface area contributed by atoms with Crippen molar-refractivity contribution in [3.05, 3.63) is 28.6 Å². The number of nitrogen functional groups attached to an aromatic ring is 1. The average molecular weight is 304 g/mol. The van der Waals surface area contributed by atoms with Gasteiger partial charge in [0.25, 0.3) is 5.91 Å². The van der Waals surface area contributed by atoms with E-state index in [1.165, 1.54) is 11.3 Å². The first-order valence-corrected chi connectivity index (χ1v) is 8.11. The monoisotopic (exact) mass is 304 g/mol. The van der Waals surface area contributed by atoms with Crippen LogP contribution in [0.5, 0.6) is 0 Å². The molecule has 3 N–H and O–H groups in total. The minimum Gasteiger partial charge on any atom is -0.397 e. The zero-order valence-corrected chi connectivity index (χ0v) is 13.0. The van der Waals surface area contributed by atoms with E-state index in [-0.39, 0.29) is 5.91 Å². The Morgan fingerprint density at radius 1 is 1.43 bits per heavy atom. The van der Waals surface area contributed by atoms with Crippen molar-refractivity contribution >= 4 is 33.0 Å². The van der Waals surface area contributed by atoms with Gasteiger partial charge in [0.15, 0.2) is 0 Å². The highest BCUT2D eigenvalue weighted by atomic mass is 32.1. The molecule has 1 aliphatic rings. The molecular weight excluding hydrogens is 284 g/mol. The summed E-state index contributed by atoms with van der Waals surface area (Å²) >= 11 is 1.47. The van der Waals surface area contributed by atoms with Crippen molar-refractivity contribution in [3.8, 4) is 0 Å². The molecule has 0 radical (unpaired) electrons. The number of fused-ring (bicyclic) bond motifs is 1. The maximum Gasteiger partial charge on any atom is 0.263 e. The maximum atomic E-state index is 12.4. The number of hydrogen-bond donors (Lipinski definition) is 2. The number of nitrogens with two attached hydrogens (primary N) is 1. The number of rotatable bonds is 3. The van der Waals surface area contributed by atoms with Crippen molar-refractivity contribution in [3.63, 3.8) is 0 Å². The highest BCUT2D eigenvalue weighted by molar-refractivity contribution is 7.21. The van der Waals surface area contributed by atoms with Gasteiger partial charge in [-0.1, -0.05) is 11.6 Å². The van der Waals surface area contributed by atoms with Gasteiger partial charge in [0, 0.05) is 29.8 Å². The predicted molar refractivity (Wildman–Crippen MR) is 86.9 cm³/mol. The van der Waals surface area contributed by atoms with E-state index in [2.05, 4.69) is 5.32 Å². The molecule has 4 nitrogen and oxygen atoms in total. The largest absolute Gasteiger partial charge is 0.397 e. The lowest BCUT2D eigenvalue weighted by Gasteiger charge is -2.22. The Morgan fingerprint density at radius 3 is 2.95 bits per heavy atom. The van der Waals surface area contributed by atoms with Crippen LogP contribution >= 0.6 is 11.3 Å². The molecule has 1 aliphatic heterocycles. The van der Waals surface area contributed by atoms with E-state index < -0.39 is 0 Å². The van der Waals surface area contributed by atoms with Crippen LogP contribution < -0.4 is 11.1 Å². The van der Waals surface area contributed by atoms with Crippen molar-refractivity contribution in [1.29, 1.82) is 0 Å². The van der Waals surface area contributed by atoms with Gasteiger partial charge in [0.1, 0.15) is 4.88 Å². The first-order valence-electron chi connectivity index (χ1n) is 7.29. The maximum absolute atomic E-state index is 12.4. The van der Waals surface area contributed by atoms with Gasteiger partial charge in [-0.3, -0.25) is 4.79 Å². The second-order valence-electron chi connectivity index (χ2n) is 5.61. The quantitative estimate of drug-likeness (QED) is 0.916. The zero-order chi connectivity index (χ0) is 14.8. The Hall–Kier alpha value is -1.59. The van der Waals surface area contributed by atoms with Gasteiger partial charge >= 0.3 is 0 Å². The molecule has 1 aromatic heterocycles. The molecular formula is C16H20N2O2S. The van der Waals surface area contributed by atoms with Gasteiger partial charge in [-0.05, 0) is 37.8 Å². The lowest BCUT2D eigenvalue weighted by molar-refractivity contribution is 0.0643. The van der Waals surface area contributed by atoms with Crippen LogP contribution in [0, 0.1) is 12.8 Å². The molecule has 112 valence electrons. The van der Waals surface area contributed by atoms with E-state index in [4.69, 9.17) is 10.5 Å². The van der Waals surface area contributed by atoms with E-state index in [9.17, 15) is 4.79 Å². The number of carbonyl (C=O) groups excluding carboxylic acids is 1. The summed E-state index contributed by atoms with van der Waals surface area (Å²) in [6.45, 7) is 4.33. The van der Waals surface area contributed by atoms with Gasteiger partial charge in [0.2, 0.25) is 0 Å². The first kappa shape index (κ1) is 14.4. The summed E-state index contributed by atoms with van der Waals surface area (Å²) in [5.74, 6) is 0.457. The molecule has 21 heavy (non-hydrogen) atoms. The van der Waals surface area contributed by atoms with Crippen molar-refractivity contribution in [1.82, 2.24) is 5.32 Å². The summed E-state index contributed by atoms with van der Waals surface area (Å²) in [4.78, 5) is 13.0. The number of aryl methyl sites for hydroxylation is 1. The fourth-order valence-corrected chi connectivity index (χ4v) is 3.69. The number of carbonyl (C=O) groups is 1. The summed E-state index contributed by atoms with van der Waals surface area (Å²) in [6, 6.07) is 6.11. The molecule has 0 spiro atoms. The van der Waals surface area contributed by atoms with Crippen molar-refractivity contribution < 1.29 is 9.53 Å². The van der Waals surface area contributed by atoms with Gasteiger partial charge < -0.3 is 15.8 Å². The first-order chi connectivity index (χ1) is 10.1. The second kappa shape index (κ2) is 6.03. The van der Waals surface area contributed by atoms with Gasteiger partial charge in [-0.2, -0.15) is 0 Å². The smallest absolute Gasteiger partial charge is 0.263 e. The summed E-state index contributed by atoms with van der Waals surface area (Å²) in [7, 11) is 0. The van der Waals surface area contributed by atoms with Crippen LogP contribution in [0.3, 0.4) is 0 Å². The van der Waals surface area contributed by atoms with E-state index in [1.807, 2.05) is 25.1 Å². The van der Waals surface area contributed by atoms with Gasteiger partial charge in [-0.25, -0.2) is 0 Å². The van der Waals surface area contributed by atoms with Crippen molar-refractivity contribution in [2.45, 2.75) is 19.8 Å². The van der Waals surface area contributed by atoms with Crippen LogP contribution in [0.25, 0.3) is 10.1 Å². The molecule has 5 heteroatoms. The fraction of sp³-hybridized carbons (Fsp3) is 0.438. The van der Waals surface area contributed by atoms with Gasteiger partial charge in [0.05, 0.1) is 5.69 Å². The molecule has 1 aromatic carbocycles. The number of anilines is 1. The van der Waals surface area contributed by atoms with Crippen LogP contribution in [0.4, 0.5) is 5.69 Å². The Kier molecular flexibility index (Phi) is 4.12. The summed E-state index contributed by atoms with van der Waals surface area (Å²) in [5, 5.41) is 4.00. The summed E-state index contributed by atoms with van der Waals surface area (Å²) in [5.41, 5.74) is 7.90. The molecule has 0 atom stereocenters. The van der Waals surface area contributed by atoms with E-state index in [0.717, 1.165) is 41.7 Å². The molecule has 0 unspecified atom stereocenters. The van der Waals surface area contributed by atoms with Gasteiger partial charge in [-0.15, -0.1) is 11.3 Å². The average Bonchev–Trinajstić information content (AvgIpc) is 2.83. The second-order valence-corrected chi connectivity index (χ2v) is 6.66. The number of benzene rings is 1. The normalized spacial score (nSPS) is 16.2. The zero-order valence-electron chi connectivity index (χ0n) is 12.1. The number of amides is 1. The third kappa shape index (κ3) is 3.04. The lowest BCUT2D eigenvalue weighted by atomic mass is 10.0. The molecule has 0 bridgehead atoms. The van der Waals surface area contributed by atoms with Crippen LogP contribution in [-0.2, 0) is 4.74 Å². The molecule has 0 saturated carbocycles. The van der Waals surface area contributed by atoms with Crippen LogP contribution in [-0.4, -0.2) is 25.7 Å². The molecule has 1 saturated heterocycles. The molecule has 1 fully saturated rings. The predicted octanol–water partition coefficient (Wildman–Crippen LogP) is 2.95. The van der Waals surface area contributed by atoms with Crippen LogP contribution in [0.1, 0.15) is 28.1 Å². The summed E-state index contributed by atoms with van der Waals surface area (Å²) < 4.78 is 6.39. The Labute approximate surface area is 128 Å². The minimum absolute atomic E-state index is 0.0576. The molecule has 2 aromatic rings. The van der Waals surface area contributed by atoms with E-state index in [1.54, 1.807) is 0 Å². The van der Waals surface area contributed by atoms with Crippen molar-refractivity contribution in [2.75, 3.05) is 25.5 Å². The Bertz CT molecular complexity index is 660. The molecule has 2 heterocycles. The molecule has 1 amide bonds. The highest BCUT2D eigenvalue weighted by Gasteiger charge is 2.19. The topological polar surface area (TPSA) is 64.3 Å².